The van der Waals surface area contributed by atoms with Crippen molar-refractivity contribution in [1.29, 1.82) is 0 Å². The molecule has 7 heteroatoms. The summed E-state index contributed by atoms with van der Waals surface area (Å²) in [4.78, 5) is 49.0. The van der Waals surface area contributed by atoms with Crippen molar-refractivity contribution in [3.63, 3.8) is 0 Å². The van der Waals surface area contributed by atoms with Gasteiger partial charge in [0, 0.05) is 29.5 Å². The number of allylic oxidation sites excluding steroid dienone is 3. The van der Waals surface area contributed by atoms with E-state index in [0.717, 1.165) is 0 Å². The molecule has 0 heterocycles. The van der Waals surface area contributed by atoms with Crippen molar-refractivity contribution in [2.45, 2.75) is 18.9 Å². The molecule has 1 atom stereocenters. The number of hydrogen-bond donors (Lipinski definition) is 1. The molecule has 0 fully saturated rings. The molecule has 0 saturated carbocycles. The summed E-state index contributed by atoms with van der Waals surface area (Å²) in [7, 11) is 0. The zero-order valence-corrected chi connectivity index (χ0v) is 18.4. The van der Waals surface area contributed by atoms with Gasteiger partial charge in [-0.15, -0.1) is 17.0 Å². The largest absolute Gasteiger partial charge is 0.456 e. The number of rotatable bonds is 8. The van der Waals surface area contributed by atoms with Crippen molar-refractivity contribution < 1.29 is 23.9 Å². The second kappa shape index (κ2) is 11.3. The van der Waals surface area contributed by atoms with Crippen molar-refractivity contribution in [3.05, 3.63) is 95.1 Å². The summed E-state index contributed by atoms with van der Waals surface area (Å²) < 4.78 is 4.99. The minimum Gasteiger partial charge on any atom is -0.456 e. The van der Waals surface area contributed by atoms with Gasteiger partial charge >= 0.3 is 5.97 Å². The van der Waals surface area contributed by atoms with Crippen LogP contribution in [0.15, 0.2) is 84.0 Å². The van der Waals surface area contributed by atoms with Crippen molar-refractivity contribution in [1.82, 2.24) is 0 Å². The number of carbonyl (C=O) groups excluding carboxylic acids is 4. The zero-order valence-electron chi connectivity index (χ0n) is 16.7. The Morgan fingerprint density at radius 2 is 1.42 bits per heavy atom. The quantitative estimate of drug-likeness (QED) is 0.455. The lowest BCUT2D eigenvalue weighted by molar-refractivity contribution is -0.143. The molecule has 0 amide bonds. The van der Waals surface area contributed by atoms with Crippen LogP contribution < -0.4 is 5.73 Å². The number of halogens is 1. The van der Waals surface area contributed by atoms with Crippen molar-refractivity contribution >= 4 is 40.3 Å². The normalized spacial score (nSPS) is 13.9. The van der Waals surface area contributed by atoms with E-state index in [1.165, 1.54) is 6.08 Å². The van der Waals surface area contributed by atoms with Gasteiger partial charge in [0.1, 0.15) is 6.04 Å². The minimum atomic E-state index is -1.29. The molecule has 0 bridgehead atoms. The second-order valence-electron chi connectivity index (χ2n) is 6.89. The Morgan fingerprint density at radius 1 is 0.871 bits per heavy atom. The Hall–Kier alpha value is -3.16. The number of benzene rings is 2. The highest BCUT2D eigenvalue weighted by Gasteiger charge is 2.28. The number of hydrogen-bond acceptors (Lipinski definition) is 6. The SMILES string of the molecule is Br.NC(C(=O)OCC(=O)c1ccccc1)C1=CC=C(CC(=O)c2ccccc2)CC1=O. The molecule has 2 aromatic carbocycles. The molecule has 2 N–H and O–H groups in total. The van der Waals surface area contributed by atoms with E-state index in [-0.39, 0.29) is 52.7 Å². The molecule has 1 aliphatic carbocycles. The van der Waals surface area contributed by atoms with Gasteiger partial charge < -0.3 is 10.5 Å². The van der Waals surface area contributed by atoms with Gasteiger partial charge in [-0.3, -0.25) is 14.4 Å². The average Bonchev–Trinajstić information content (AvgIpc) is 2.78. The fourth-order valence-corrected chi connectivity index (χ4v) is 3.06. The summed E-state index contributed by atoms with van der Waals surface area (Å²) in [6, 6.07) is 15.9. The molecule has 31 heavy (non-hydrogen) atoms. The van der Waals surface area contributed by atoms with Gasteiger partial charge in [-0.05, 0) is 0 Å². The molecule has 160 valence electrons. The van der Waals surface area contributed by atoms with E-state index in [1.54, 1.807) is 60.7 Å². The lowest BCUT2D eigenvalue weighted by Gasteiger charge is -2.18. The van der Waals surface area contributed by atoms with Crippen LogP contribution >= 0.6 is 17.0 Å². The molecule has 2 aromatic rings. The zero-order chi connectivity index (χ0) is 21.5. The van der Waals surface area contributed by atoms with Gasteiger partial charge in [0.2, 0.25) is 0 Å². The molecule has 0 aliphatic heterocycles. The van der Waals surface area contributed by atoms with Crippen LogP contribution in [0.25, 0.3) is 0 Å². The molecule has 0 aromatic heterocycles. The Balaban J connectivity index is 0.00000341. The smallest absolute Gasteiger partial charge is 0.328 e. The molecule has 0 spiro atoms. The monoisotopic (exact) mass is 483 g/mol. The van der Waals surface area contributed by atoms with Gasteiger partial charge in [0.05, 0.1) is 0 Å². The van der Waals surface area contributed by atoms with Crippen LogP contribution in [-0.2, 0) is 14.3 Å². The maximum Gasteiger partial charge on any atom is 0.328 e. The highest BCUT2D eigenvalue weighted by molar-refractivity contribution is 8.93. The molecular formula is C24H22BrNO5. The van der Waals surface area contributed by atoms with E-state index >= 15 is 0 Å². The van der Waals surface area contributed by atoms with Crippen LogP contribution in [0.2, 0.25) is 0 Å². The Labute approximate surface area is 190 Å². The molecule has 0 radical (unpaired) electrons. The van der Waals surface area contributed by atoms with Crippen LogP contribution in [-0.4, -0.2) is 36.0 Å². The number of esters is 1. The highest BCUT2D eigenvalue weighted by Crippen LogP contribution is 2.22. The van der Waals surface area contributed by atoms with E-state index < -0.39 is 18.6 Å². The van der Waals surface area contributed by atoms with Crippen LogP contribution in [0, 0.1) is 0 Å². The summed E-state index contributed by atoms with van der Waals surface area (Å²) in [5.74, 6) is -1.64. The Morgan fingerprint density at radius 3 is 1.97 bits per heavy atom. The summed E-state index contributed by atoms with van der Waals surface area (Å²) in [5, 5.41) is 0. The fraction of sp³-hybridized carbons (Fsp3) is 0.167. The topological polar surface area (TPSA) is 104 Å². The summed E-state index contributed by atoms with van der Waals surface area (Å²) in [6.07, 6.45) is 3.21. The number of carbonyl (C=O) groups is 4. The standard InChI is InChI=1S/C24H21NO5.BrH/c25-23(24(29)30-15-22(28)18-9-5-2-6-10-18)19-12-11-16(14-21(19)27)13-20(26)17-7-3-1-4-8-17;/h1-12,23H,13-15,25H2;1H. The van der Waals surface area contributed by atoms with Crippen LogP contribution in [0.4, 0.5) is 0 Å². The molecule has 6 nitrogen and oxygen atoms in total. The van der Waals surface area contributed by atoms with E-state index in [9.17, 15) is 19.2 Å². The Bertz CT molecular complexity index is 1030. The predicted octanol–water partition coefficient (Wildman–Crippen LogP) is 3.42. The van der Waals surface area contributed by atoms with E-state index in [2.05, 4.69) is 0 Å². The number of ether oxygens (including phenoxy) is 1. The van der Waals surface area contributed by atoms with Gasteiger partial charge in [0.25, 0.3) is 0 Å². The maximum absolute atomic E-state index is 12.5. The van der Waals surface area contributed by atoms with E-state index in [4.69, 9.17) is 10.5 Å². The van der Waals surface area contributed by atoms with Crippen LogP contribution in [0.3, 0.4) is 0 Å². The lowest BCUT2D eigenvalue weighted by atomic mass is 9.89. The summed E-state index contributed by atoms with van der Waals surface area (Å²) in [6.45, 7) is -0.454. The van der Waals surface area contributed by atoms with Gasteiger partial charge in [0.15, 0.2) is 24.0 Å². The predicted molar refractivity (Wildman–Crippen MR) is 121 cm³/mol. The molecule has 1 unspecified atom stereocenters. The highest BCUT2D eigenvalue weighted by atomic mass is 79.9. The van der Waals surface area contributed by atoms with E-state index in [1.807, 2.05) is 6.07 Å². The first-order chi connectivity index (χ1) is 14.5. The van der Waals surface area contributed by atoms with Crippen LogP contribution in [0.1, 0.15) is 33.6 Å². The van der Waals surface area contributed by atoms with Crippen molar-refractivity contribution in [2.75, 3.05) is 6.61 Å². The molecule has 0 saturated heterocycles. The average molecular weight is 484 g/mol. The third kappa shape index (κ3) is 6.41. The molecular weight excluding hydrogens is 462 g/mol. The van der Waals surface area contributed by atoms with Gasteiger partial charge in [-0.1, -0.05) is 78.4 Å². The third-order valence-electron chi connectivity index (χ3n) is 4.72. The second-order valence-corrected chi connectivity index (χ2v) is 6.89. The number of ketones is 3. The minimum absolute atomic E-state index is 0. The first-order valence-electron chi connectivity index (χ1n) is 9.47. The maximum atomic E-state index is 12.5. The fourth-order valence-electron chi connectivity index (χ4n) is 3.06. The first kappa shape index (κ1) is 24.1. The van der Waals surface area contributed by atoms with Crippen molar-refractivity contribution in [2.24, 2.45) is 5.73 Å². The van der Waals surface area contributed by atoms with Gasteiger partial charge in [-0.2, -0.15) is 0 Å². The number of nitrogens with two attached hydrogens (primary N) is 1. The lowest BCUT2D eigenvalue weighted by Crippen LogP contribution is -2.38. The molecule has 1 aliphatic rings. The Kier molecular flexibility index (Phi) is 8.78. The number of Topliss-reactive ketones (excluding diaryl/α,β-unsaturated/α-hetero) is 3. The summed E-state index contributed by atoms with van der Waals surface area (Å²) in [5.41, 5.74) is 7.62. The first-order valence-corrected chi connectivity index (χ1v) is 9.47. The third-order valence-corrected chi connectivity index (χ3v) is 4.72. The summed E-state index contributed by atoms with van der Waals surface area (Å²) >= 11 is 0. The molecule has 3 rings (SSSR count). The van der Waals surface area contributed by atoms with Crippen LogP contribution in [0.5, 0.6) is 0 Å². The van der Waals surface area contributed by atoms with Crippen molar-refractivity contribution in [3.8, 4) is 0 Å². The van der Waals surface area contributed by atoms with E-state index in [0.29, 0.717) is 16.7 Å². The van der Waals surface area contributed by atoms with Gasteiger partial charge in [-0.25, -0.2) is 4.79 Å².